The molecule has 2 N–H and O–H groups in total. The molecule has 1 saturated heterocycles. The Morgan fingerprint density at radius 2 is 2.00 bits per heavy atom. The van der Waals surface area contributed by atoms with Gasteiger partial charge in [-0.2, -0.15) is 0 Å². The van der Waals surface area contributed by atoms with E-state index >= 15 is 0 Å². The number of carbonyl (C=O) groups excluding carboxylic acids is 1. The molecule has 28 heavy (non-hydrogen) atoms. The van der Waals surface area contributed by atoms with Crippen LogP contribution < -0.4 is 9.97 Å². The van der Waals surface area contributed by atoms with Crippen molar-refractivity contribution >= 4 is 36.1 Å². The van der Waals surface area contributed by atoms with Gasteiger partial charge in [0.25, 0.3) is 0 Å². The number of carbonyl (C=O) groups is 1. The highest BCUT2D eigenvalue weighted by atomic mass is 35.5. The minimum absolute atomic E-state index is 0.105. The van der Waals surface area contributed by atoms with Crippen molar-refractivity contribution in [3.05, 3.63) is 41.4 Å². The molecule has 0 amide bonds. The molecule has 2 aromatic rings. The number of nitrogens with one attached hydrogen (secondary N) is 1. The molecule has 3 rings (SSSR count). The summed E-state index contributed by atoms with van der Waals surface area (Å²) in [5, 5.41) is 3.84. The Morgan fingerprint density at radius 3 is 2.75 bits per heavy atom. The smallest absolute Gasteiger partial charge is 0.440 e. The Morgan fingerprint density at radius 1 is 1.29 bits per heavy atom. The first kappa shape index (κ1) is 21.0. The van der Waals surface area contributed by atoms with Gasteiger partial charge < -0.3 is 19.3 Å². The van der Waals surface area contributed by atoms with Crippen molar-refractivity contribution in [1.29, 1.82) is 0 Å². The number of ether oxygens (including phenoxy) is 2. The van der Waals surface area contributed by atoms with Crippen LogP contribution in [0.5, 0.6) is 5.75 Å². The van der Waals surface area contributed by atoms with Gasteiger partial charge in [0, 0.05) is 18.2 Å². The lowest BCUT2D eigenvalue weighted by atomic mass is 10.1. The Kier molecular flexibility index (Phi) is 6.93. The molecule has 0 aliphatic carbocycles. The van der Waals surface area contributed by atoms with Gasteiger partial charge in [-0.3, -0.25) is 4.79 Å². The second kappa shape index (κ2) is 9.22. The van der Waals surface area contributed by atoms with E-state index in [2.05, 4.69) is 5.09 Å². The van der Waals surface area contributed by atoms with E-state index in [-0.39, 0.29) is 16.9 Å². The molecular weight excluding hydrogens is 409 g/mol. The zero-order valence-corrected chi connectivity index (χ0v) is 16.8. The predicted molar refractivity (Wildman–Crippen MR) is 103 cm³/mol. The molecule has 0 bridgehead atoms. The molecule has 152 valence electrons. The van der Waals surface area contributed by atoms with Crippen LogP contribution >= 0.6 is 19.3 Å². The zero-order valence-electron chi connectivity index (χ0n) is 15.2. The second-order valence-corrected chi connectivity index (χ2v) is 8.23. The largest absolute Gasteiger partial charge is 0.461 e. The fourth-order valence-electron chi connectivity index (χ4n) is 2.77. The van der Waals surface area contributed by atoms with Gasteiger partial charge in [-0.05, 0) is 18.4 Å². The minimum atomic E-state index is -4.48. The molecule has 2 aromatic carbocycles. The van der Waals surface area contributed by atoms with Gasteiger partial charge in [-0.1, -0.05) is 46.6 Å². The van der Waals surface area contributed by atoms with Crippen molar-refractivity contribution in [2.75, 3.05) is 13.2 Å². The SMILES string of the molecule is C[C@H](NP(=O)(O)OOc1c(Cl)ccc2ccccc12)C(=O)OC1CCOCC1. The molecule has 1 fully saturated rings. The summed E-state index contributed by atoms with van der Waals surface area (Å²) < 4.78 is 27.5. The van der Waals surface area contributed by atoms with Gasteiger partial charge >= 0.3 is 13.7 Å². The summed E-state index contributed by atoms with van der Waals surface area (Å²) in [5.74, 6) is -0.554. The summed E-state index contributed by atoms with van der Waals surface area (Å²) in [4.78, 5) is 27.2. The standard InChI is InChI=1S/C18H21ClNO7P/c1-12(18(21)25-14-8-10-24-11-9-14)20-28(22,23)27-26-17-15-5-3-2-4-13(15)6-7-16(17)19/h2-7,12,14H,8-11H2,1H3,(H2,20,22,23)/t12-/m0/s1. The van der Waals surface area contributed by atoms with E-state index in [0.29, 0.717) is 31.4 Å². The number of hydrogen-bond donors (Lipinski definition) is 2. The van der Waals surface area contributed by atoms with Crippen molar-refractivity contribution in [1.82, 2.24) is 5.09 Å². The van der Waals surface area contributed by atoms with Gasteiger partial charge in [-0.25, -0.2) is 9.65 Å². The van der Waals surface area contributed by atoms with Gasteiger partial charge in [0.1, 0.15) is 12.1 Å². The maximum Gasteiger partial charge on any atom is 0.440 e. The molecule has 1 aliphatic rings. The topological polar surface area (TPSA) is 103 Å². The number of benzene rings is 2. The molecule has 1 heterocycles. The lowest BCUT2D eigenvalue weighted by Crippen LogP contribution is -2.37. The summed E-state index contributed by atoms with van der Waals surface area (Å²) in [6.45, 7) is 2.43. The molecule has 10 heteroatoms. The Labute approximate surface area is 167 Å². The quantitative estimate of drug-likeness (QED) is 0.298. The maximum absolute atomic E-state index is 12.3. The van der Waals surface area contributed by atoms with Crippen LogP contribution in [-0.4, -0.2) is 36.2 Å². The number of fused-ring (bicyclic) bond motifs is 1. The summed E-state index contributed by atoms with van der Waals surface area (Å²) in [5.41, 5.74) is 0. The highest BCUT2D eigenvalue weighted by Gasteiger charge is 2.31. The van der Waals surface area contributed by atoms with Crippen LogP contribution in [0, 0.1) is 0 Å². The van der Waals surface area contributed by atoms with Crippen LogP contribution in [-0.2, 0) is 23.5 Å². The van der Waals surface area contributed by atoms with Crippen LogP contribution in [0.25, 0.3) is 10.8 Å². The van der Waals surface area contributed by atoms with Gasteiger partial charge in [0.05, 0.1) is 18.2 Å². The lowest BCUT2D eigenvalue weighted by molar-refractivity contribution is -0.155. The summed E-state index contributed by atoms with van der Waals surface area (Å²) in [6.07, 6.45) is 0.915. The maximum atomic E-state index is 12.3. The van der Waals surface area contributed by atoms with E-state index in [1.807, 2.05) is 12.1 Å². The molecule has 1 unspecified atom stereocenters. The van der Waals surface area contributed by atoms with Crippen LogP contribution in [0.4, 0.5) is 0 Å². The first-order valence-electron chi connectivity index (χ1n) is 8.78. The van der Waals surface area contributed by atoms with E-state index in [4.69, 9.17) is 30.6 Å². The van der Waals surface area contributed by atoms with Crippen LogP contribution in [0.2, 0.25) is 5.02 Å². The van der Waals surface area contributed by atoms with E-state index in [0.717, 1.165) is 5.39 Å². The predicted octanol–water partition coefficient (Wildman–Crippen LogP) is 3.60. The fraction of sp³-hybridized carbons (Fsp3) is 0.389. The van der Waals surface area contributed by atoms with Crippen LogP contribution in [0.15, 0.2) is 36.4 Å². The first-order valence-corrected chi connectivity index (χ1v) is 10.7. The van der Waals surface area contributed by atoms with Crippen molar-refractivity contribution in [3.63, 3.8) is 0 Å². The molecule has 0 spiro atoms. The summed E-state index contributed by atoms with van der Waals surface area (Å²) in [6, 6.07) is 9.49. The molecule has 0 radical (unpaired) electrons. The highest BCUT2D eigenvalue weighted by molar-refractivity contribution is 7.50. The molecule has 2 atom stereocenters. The average molecular weight is 430 g/mol. The molecule has 1 aliphatic heterocycles. The Balaban J connectivity index is 1.60. The Bertz CT molecular complexity index is 887. The van der Waals surface area contributed by atoms with Gasteiger partial charge in [0.2, 0.25) is 0 Å². The normalized spacial score (nSPS) is 18.4. The third kappa shape index (κ3) is 5.44. The van der Waals surface area contributed by atoms with Crippen molar-refractivity contribution in [2.45, 2.75) is 31.9 Å². The average Bonchev–Trinajstić information content (AvgIpc) is 2.67. The van der Waals surface area contributed by atoms with E-state index in [1.54, 1.807) is 24.3 Å². The molecular formula is C18H21ClNO7P. The highest BCUT2D eigenvalue weighted by Crippen LogP contribution is 2.41. The second-order valence-electron chi connectivity index (χ2n) is 6.38. The lowest BCUT2D eigenvalue weighted by Gasteiger charge is -2.24. The summed E-state index contributed by atoms with van der Waals surface area (Å²) in [7, 11) is -4.48. The van der Waals surface area contributed by atoms with Crippen LogP contribution in [0.3, 0.4) is 0 Å². The molecule has 0 saturated carbocycles. The van der Waals surface area contributed by atoms with E-state index in [1.165, 1.54) is 6.92 Å². The van der Waals surface area contributed by atoms with E-state index in [9.17, 15) is 14.3 Å². The minimum Gasteiger partial charge on any atom is -0.461 e. The van der Waals surface area contributed by atoms with Crippen molar-refractivity contribution < 1.29 is 33.3 Å². The molecule has 0 aromatic heterocycles. The van der Waals surface area contributed by atoms with Crippen LogP contribution in [0.1, 0.15) is 19.8 Å². The van der Waals surface area contributed by atoms with Crippen molar-refractivity contribution in [2.24, 2.45) is 0 Å². The number of hydrogen-bond acceptors (Lipinski definition) is 6. The zero-order chi connectivity index (χ0) is 20.1. The number of halogens is 1. The fourth-order valence-corrected chi connectivity index (χ4v) is 3.78. The van der Waals surface area contributed by atoms with Gasteiger partial charge in [0.15, 0.2) is 5.75 Å². The monoisotopic (exact) mass is 429 g/mol. The first-order chi connectivity index (χ1) is 13.4. The van der Waals surface area contributed by atoms with E-state index < -0.39 is 19.8 Å². The number of rotatable bonds is 7. The van der Waals surface area contributed by atoms with Gasteiger partial charge in [-0.15, -0.1) is 0 Å². The number of esters is 1. The summed E-state index contributed by atoms with van der Waals surface area (Å²) >= 11 is 6.12. The third-order valence-electron chi connectivity index (χ3n) is 4.21. The van der Waals surface area contributed by atoms with Crippen molar-refractivity contribution in [3.8, 4) is 5.75 Å². The molecule has 8 nitrogen and oxygen atoms in total. The Hall–Kier alpha value is -1.67. The third-order valence-corrected chi connectivity index (χ3v) is 5.50.